The Balaban J connectivity index is 1.65. The fourth-order valence-electron chi connectivity index (χ4n) is 3.20. The lowest BCUT2D eigenvalue weighted by molar-refractivity contribution is -0.134. The number of amides is 1. The summed E-state index contributed by atoms with van der Waals surface area (Å²) in [6, 6.07) is 0.378. The molecule has 3 heteroatoms. The van der Waals surface area contributed by atoms with E-state index in [1.165, 1.54) is 32.1 Å². The zero-order chi connectivity index (χ0) is 12.1. The minimum Gasteiger partial charge on any atom is -0.337 e. The van der Waals surface area contributed by atoms with E-state index in [1.807, 2.05) is 0 Å². The predicted octanol–water partition coefficient (Wildman–Crippen LogP) is 2.17. The first-order valence-corrected chi connectivity index (χ1v) is 7.27. The van der Waals surface area contributed by atoms with E-state index in [9.17, 15) is 4.79 Å². The fourth-order valence-corrected chi connectivity index (χ4v) is 3.20. The topological polar surface area (TPSA) is 32.3 Å². The second kappa shape index (κ2) is 6.39. The van der Waals surface area contributed by atoms with Gasteiger partial charge in [-0.05, 0) is 25.7 Å². The fraction of sp³-hybridized carbons (Fsp3) is 0.929. The molecular weight excluding hydrogens is 212 g/mol. The van der Waals surface area contributed by atoms with Crippen LogP contribution in [0, 0.1) is 5.92 Å². The van der Waals surface area contributed by atoms with Crippen LogP contribution in [-0.4, -0.2) is 36.5 Å². The number of nitrogens with one attached hydrogen (secondary N) is 1. The van der Waals surface area contributed by atoms with Crippen molar-refractivity contribution in [2.75, 3.05) is 19.6 Å². The molecule has 1 N–H and O–H groups in total. The zero-order valence-corrected chi connectivity index (χ0v) is 11.1. The zero-order valence-electron chi connectivity index (χ0n) is 11.1. The van der Waals surface area contributed by atoms with Gasteiger partial charge < -0.3 is 10.2 Å². The number of piperazine rings is 1. The van der Waals surface area contributed by atoms with E-state index >= 15 is 0 Å². The normalized spacial score (nSPS) is 26.4. The van der Waals surface area contributed by atoms with E-state index in [0.717, 1.165) is 38.4 Å². The third kappa shape index (κ3) is 3.70. The van der Waals surface area contributed by atoms with E-state index in [4.69, 9.17) is 0 Å². The molecule has 1 aliphatic heterocycles. The van der Waals surface area contributed by atoms with Gasteiger partial charge in [0.2, 0.25) is 5.91 Å². The Morgan fingerprint density at radius 1 is 1.35 bits per heavy atom. The van der Waals surface area contributed by atoms with E-state index in [2.05, 4.69) is 17.1 Å². The molecule has 0 bridgehead atoms. The summed E-state index contributed by atoms with van der Waals surface area (Å²) in [5.74, 6) is 1.29. The number of carbonyl (C=O) groups excluding carboxylic acids is 1. The average molecular weight is 238 g/mol. The summed E-state index contributed by atoms with van der Waals surface area (Å²) < 4.78 is 0. The van der Waals surface area contributed by atoms with Crippen LogP contribution in [0.4, 0.5) is 0 Å². The van der Waals surface area contributed by atoms with E-state index in [1.54, 1.807) is 0 Å². The van der Waals surface area contributed by atoms with E-state index < -0.39 is 0 Å². The first kappa shape index (κ1) is 12.9. The number of hydrogen-bond donors (Lipinski definition) is 1. The van der Waals surface area contributed by atoms with Crippen molar-refractivity contribution in [3.05, 3.63) is 0 Å². The monoisotopic (exact) mass is 238 g/mol. The molecule has 2 rings (SSSR count). The van der Waals surface area contributed by atoms with Crippen molar-refractivity contribution in [3.8, 4) is 0 Å². The molecule has 0 spiro atoms. The Bertz CT molecular complexity index is 249. The van der Waals surface area contributed by atoms with E-state index in [-0.39, 0.29) is 0 Å². The molecule has 1 saturated heterocycles. The third-order valence-corrected chi connectivity index (χ3v) is 4.30. The van der Waals surface area contributed by atoms with Crippen LogP contribution in [-0.2, 0) is 4.79 Å². The van der Waals surface area contributed by atoms with Gasteiger partial charge in [-0.15, -0.1) is 0 Å². The minimum absolute atomic E-state index is 0.372. The molecule has 17 heavy (non-hydrogen) atoms. The van der Waals surface area contributed by atoms with Crippen LogP contribution in [0.3, 0.4) is 0 Å². The van der Waals surface area contributed by atoms with Crippen LogP contribution in [0.25, 0.3) is 0 Å². The van der Waals surface area contributed by atoms with Crippen molar-refractivity contribution in [2.45, 2.75) is 57.9 Å². The highest BCUT2D eigenvalue weighted by Crippen LogP contribution is 2.29. The van der Waals surface area contributed by atoms with Gasteiger partial charge in [-0.3, -0.25) is 4.79 Å². The molecular formula is C14H26N2O. The SMILES string of the molecule is CC1CNCCN1C(=O)CCCC1CCCC1. The number of nitrogens with zero attached hydrogens (tertiary/aromatic N) is 1. The van der Waals surface area contributed by atoms with Crippen molar-refractivity contribution in [1.29, 1.82) is 0 Å². The van der Waals surface area contributed by atoms with Crippen LogP contribution < -0.4 is 5.32 Å². The van der Waals surface area contributed by atoms with Crippen molar-refractivity contribution >= 4 is 5.91 Å². The smallest absolute Gasteiger partial charge is 0.222 e. The van der Waals surface area contributed by atoms with Gasteiger partial charge in [-0.25, -0.2) is 0 Å². The first-order valence-electron chi connectivity index (χ1n) is 7.27. The summed E-state index contributed by atoms with van der Waals surface area (Å²) in [4.78, 5) is 14.1. The summed E-state index contributed by atoms with van der Waals surface area (Å²) in [6.45, 7) is 4.94. The minimum atomic E-state index is 0.372. The molecule has 1 saturated carbocycles. The van der Waals surface area contributed by atoms with Gasteiger partial charge in [-0.2, -0.15) is 0 Å². The number of carbonyl (C=O) groups is 1. The van der Waals surface area contributed by atoms with Gasteiger partial charge in [0.15, 0.2) is 0 Å². The Hall–Kier alpha value is -0.570. The molecule has 2 fully saturated rings. The van der Waals surface area contributed by atoms with Crippen LogP contribution in [0.1, 0.15) is 51.9 Å². The molecule has 0 aromatic rings. The maximum Gasteiger partial charge on any atom is 0.222 e. The Labute approximate surface area is 105 Å². The summed E-state index contributed by atoms with van der Waals surface area (Å²) in [7, 11) is 0. The molecule has 0 aromatic carbocycles. The second-order valence-electron chi connectivity index (χ2n) is 5.68. The standard InChI is InChI=1S/C14H26N2O/c1-12-11-15-9-10-16(12)14(17)8-4-7-13-5-2-3-6-13/h12-13,15H,2-11H2,1H3. The third-order valence-electron chi connectivity index (χ3n) is 4.30. The maximum absolute atomic E-state index is 12.1. The molecule has 1 heterocycles. The lowest BCUT2D eigenvalue weighted by atomic mass is 10.00. The summed E-state index contributed by atoms with van der Waals surface area (Å²) in [5.41, 5.74) is 0. The highest BCUT2D eigenvalue weighted by molar-refractivity contribution is 5.76. The average Bonchev–Trinajstić information content (AvgIpc) is 2.82. The molecule has 2 aliphatic rings. The van der Waals surface area contributed by atoms with Crippen LogP contribution >= 0.6 is 0 Å². The summed E-state index contributed by atoms with van der Waals surface area (Å²) in [5, 5.41) is 3.33. The Morgan fingerprint density at radius 3 is 2.82 bits per heavy atom. The molecule has 1 atom stereocenters. The maximum atomic E-state index is 12.1. The molecule has 98 valence electrons. The molecule has 0 aromatic heterocycles. The first-order chi connectivity index (χ1) is 8.27. The molecule has 1 aliphatic carbocycles. The van der Waals surface area contributed by atoms with Crippen LogP contribution in [0.15, 0.2) is 0 Å². The summed E-state index contributed by atoms with van der Waals surface area (Å²) in [6.07, 6.45) is 8.75. The quantitative estimate of drug-likeness (QED) is 0.814. The van der Waals surface area contributed by atoms with Crippen molar-refractivity contribution in [3.63, 3.8) is 0 Å². The molecule has 3 nitrogen and oxygen atoms in total. The Kier molecular flexibility index (Phi) is 4.84. The van der Waals surface area contributed by atoms with Gasteiger partial charge >= 0.3 is 0 Å². The van der Waals surface area contributed by atoms with Crippen LogP contribution in [0.5, 0.6) is 0 Å². The van der Waals surface area contributed by atoms with Crippen molar-refractivity contribution in [1.82, 2.24) is 10.2 Å². The number of rotatable bonds is 4. The van der Waals surface area contributed by atoms with Gasteiger partial charge in [-0.1, -0.05) is 25.7 Å². The predicted molar refractivity (Wildman–Crippen MR) is 69.9 cm³/mol. The molecule has 0 radical (unpaired) electrons. The van der Waals surface area contributed by atoms with Crippen molar-refractivity contribution < 1.29 is 4.79 Å². The van der Waals surface area contributed by atoms with Gasteiger partial charge in [0, 0.05) is 32.1 Å². The van der Waals surface area contributed by atoms with Gasteiger partial charge in [0.1, 0.15) is 0 Å². The molecule has 1 amide bonds. The number of hydrogen-bond acceptors (Lipinski definition) is 2. The largest absolute Gasteiger partial charge is 0.337 e. The highest BCUT2D eigenvalue weighted by Gasteiger charge is 2.23. The van der Waals surface area contributed by atoms with Gasteiger partial charge in [0.05, 0.1) is 0 Å². The molecule has 1 unspecified atom stereocenters. The lowest BCUT2D eigenvalue weighted by Gasteiger charge is -2.34. The van der Waals surface area contributed by atoms with Crippen molar-refractivity contribution in [2.24, 2.45) is 5.92 Å². The second-order valence-corrected chi connectivity index (χ2v) is 5.68. The highest BCUT2D eigenvalue weighted by atomic mass is 16.2. The van der Waals surface area contributed by atoms with Crippen LogP contribution in [0.2, 0.25) is 0 Å². The lowest BCUT2D eigenvalue weighted by Crippen LogP contribution is -2.52. The summed E-state index contributed by atoms with van der Waals surface area (Å²) >= 11 is 0. The van der Waals surface area contributed by atoms with Gasteiger partial charge in [0.25, 0.3) is 0 Å². The Morgan fingerprint density at radius 2 is 2.12 bits per heavy atom. The van der Waals surface area contributed by atoms with E-state index in [0.29, 0.717) is 11.9 Å².